The lowest BCUT2D eigenvalue weighted by atomic mass is 9.85. The van der Waals surface area contributed by atoms with Gasteiger partial charge >= 0.3 is 24.6 Å². The van der Waals surface area contributed by atoms with Crippen LogP contribution in [0.3, 0.4) is 0 Å². The lowest BCUT2D eigenvalue weighted by Gasteiger charge is -2.35. The normalized spacial score (nSPS) is 20.7. The van der Waals surface area contributed by atoms with Crippen molar-refractivity contribution in [3.63, 3.8) is 0 Å². The number of rotatable bonds is 14. The molecule has 26 heteroatoms. The van der Waals surface area contributed by atoms with E-state index in [0.717, 1.165) is 44.9 Å². The maximum Gasteiger partial charge on any atom is 0.427 e. The number of methoxy groups -OCH3 is 1. The Balaban J connectivity index is 0.000000166. The quantitative estimate of drug-likeness (QED) is 0.0786. The molecule has 2 aliphatic carbocycles. The number of amides is 2. The van der Waals surface area contributed by atoms with Gasteiger partial charge in [0.2, 0.25) is 11.5 Å². The Bertz CT molecular complexity index is 3690. The molecule has 0 spiro atoms. The van der Waals surface area contributed by atoms with Gasteiger partial charge in [-0.2, -0.15) is 39.5 Å². The summed E-state index contributed by atoms with van der Waals surface area (Å²) in [6, 6.07) is 28.6. The van der Waals surface area contributed by atoms with E-state index in [4.69, 9.17) is 18.9 Å². The molecule has 6 heterocycles. The van der Waals surface area contributed by atoms with Crippen molar-refractivity contribution in [2.75, 3.05) is 20.2 Å². The summed E-state index contributed by atoms with van der Waals surface area (Å²) >= 11 is 1.62. The van der Waals surface area contributed by atoms with E-state index in [1.807, 2.05) is 25.7 Å². The molecule has 0 bridgehead atoms. The number of hydrogen-bond acceptors (Lipinski definition) is 15. The van der Waals surface area contributed by atoms with Crippen molar-refractivity contribution in [3.8, 4) is 51.0 Å². The van der Waals surface area contributed by atoms with Gasteiger partial charge in [0.15, 0.2) is 22.8 Å². The zero-order chi connectivity index (χ0) is 66.6. The summed E-state index contributed by atoms with van der Waals surface area (Å²) in [7, 11) is 1.49. The van der Waals surface area contributed by atoms with E-state index < -0.39 is 44.5 Å². The molecule has 4 fully saturated rings. The fraction of sp³-hybridized carbons (Fsp3) is 0.463. The third-order valence-corrected chi connectivity index (χ3v) is 19.9. The van der Waals surface area contributed by atoms with Crippen LogP contribution in [0.2, 0.25) is 0 Å². The van der Waals surface area contributed by atoms with Gasteiger partial charge in [0, 0.05) is 79.9 Å². The Morgan fingerprint density at radius 1 is 0.699 bits per heavy atom. The molecule has 2 N–H and O–H groups in total. The van der Waals surface area contributed by atoms with Crippen LogP contribution in [-0.4, -0.2) is 98.8 Å². The molecule has 5 aliphatic rings. The first kappa shape index (κ1) is 68.7. The monoisotopic (exact) mass is 1350 g/mol. The number of carbonyl (C=O) groups is 3. The van der Waals surface area contributed by atoms with Crippen molar-refractivity contribution >= 4 is 52.3 Å². The SMILES string of the molecule is CC(C)(C)OC(=O)N1[C@H](CNCc2nc(-c3ccccc3)c(C(F)(F)F)s2)C[C@@H]2CCCC[C@@H]21.COc1cc(C(=O)N(Cc2nc(-c3ccccc3)c(C(F)(F)F)s2)C[C@@H]2C[C@@H]3CCCC[C@@H]3N2)cc2c1OC(C)(C)O2.O=Cc1nc(-c2ccccc2)c(C(F)(F)F)s1. The Hall–Kier alpha value is -7.13. The maximum absolute atomic E-state index is 14.1. The van der Waals surface area contributed by atoms with Crippen molar-refractivity contribution in [1.82, 2.24) is 35.4 Å². The summed E-state index contributed by atoms with van der Waals surface area (Å²) in [6.07, 6.45) is -2.71. The highest BCUT2D eigenvalue weighted by Gasteiger charge is 2.47. The van der Waals surface area contributed by atoms with Gasteiger partial charge in [-0.1, -0.05) is 117 Å². The number of hydrogen-bond donors (Lipinski definition) is 2. The van der Waals surface area contributed by atoms with E-state index in [1.165, 1.54) is 38.5 Å². The summed E-state index contributed by atoms with van der Waals surface area (Å²) in [5.41, 5.74) is 0.574. The molecule has 93 heavy (non-hydrogen) atoms. The van der Waals surface area contributed by atoms with Crippen molar-refractivity contribution in [2.45, 2.75) is 166 Å². The number of likely N-dealkylation sites (tertiary alicyclic amines) is 1. The second kappa shape index (κ2) is 28.4. The second-order valence-electron chi connectivity index (χ2n) is 25.1. The molecule has 0 unspecified atom stereocenters. The van der Waals surface area contributed by atoms with Gasteiger partial charge in [0.05, 0.1) is 30.7 Å². The number of aldehydes is 1. The van der Waals surface area contributed by atoms with E-state index in [9.17, 15) is 53.9 Å². The second-order valence-corrected chi connectivity index (χ2v) is 28.3. The molecule has 2 saturated carbocycles. The molecular weight excluding hydrogens is 1280 g/mol. The number of ether oxygens (including phenoxy) is 4. The number of carbonyl (C=O) groups excluding carboxylic acids is 3. The Kier molecular flexibility index (Phi) is 21.0. The summed E-state index contributed by atoms with van der Waals surface area (Å²) in [6.45, 7) is 10.1. The fourth-order valence-corrected chi connectivity index (χ4v) is 15.5. The van der Waals surface area contributed by atoms with Crippen LogP contribution in [0, 0.1) is 11.8 Å². The van der Waals surface area contributed by atoms with E-state index in [-0.39, 0.29) is 70.3 Å². The average Bonchev–Trinajstić information content (AvgIpc) is 1.70. The van der Waals surface area contributed by atoms with Crippen molar-refractivity contribution in [1.29, 1.82) is 0 Å². The number of halogens is 9. The summed E-state index contributed by atoms with van der Waals surface area (Å²) < 4.78 is 145. The third kappa shape index (κ3) is 16.9. The molecule has 3 aliphatic heterocycles. The van der Waals surface area contributed by atoms with Gasteiger partial charge in [0.25, 0.3) is 5.91 Å². The van der Waals surface area contributed by atoms with Crippen LogP contribution in [0.1, 0.15) is 144 Å². The zero-order valence-corrected chi connectivity index (χ0v) is 54.4. The van der Waals surface area contributed by atoms with Crippen LogP contribution in [0.25, 0.3) is 33.8 Å². The van der Waals surface area contributed by atoms with Crippen molar-refractivity contribution in [3.05, 3.63) is 138 Å². The van der Waals surface area contributed by atoms with E-state index in [1.54, 1.807) is 110 Å². The summed E-state index contributed by atoms with van der Waals surface area (Å²) in [5.74, 6) is 0.882. The number of aromatic nitrogens is 3. The van der Waals surface area contributed by atoms with E-state index in [2.05, 4.69) is 25.6 Å². The lowest BCUT2D eigenvalue weighted by molar-refractivity contribution is -0.134. The van der Waals surface area contributed by atoms with Crippen LogP contribution < -0.4 is 24.8 Å². The van der Waals surface area contributed by atoms with Gasteiger partial charge in [-0.05, 0) is 83.3 Å². The highest BCUT2D eigenvalue weighted by molar-refractivity contribution is 7.14. The first-order chi connectivity index (χ1) is 44.1. The molecular formula is C67H72F9N7O7S3. The number of fused-ring (bicyclic) bond motifs is 3. The predicted octanol–water partition coefficient (Wildman–Crippen LogP) is 17.0. The van der Waals surface area contributed by atoms with Gasteiger partial charge in [0.1, 0.15) is 30.2 Å². The highest BCUT2D eigenvalue weighted by Crippen LogP contribution is 2.49. The van der Waals surface area contributed by atoms with Crippen LogP contribution in [0.4, 0.5) is 44.3 Å². The number of nitrogens with one attached hydrogen (secondary N) is 2. The number of benzene rings is 4. The molecule has 6 atom stereocenters. The van der Waals surface area contributed by atoms with Crippen LogP contribution in [0.5, 0.6) is 17.2 Å². The molecule has 7 aromatic rings. The molecule has 498 valence electrons. The van der Waals surface area contributed by atoms with Gasteiger partial charge < -0.3 is 39.4 Å². The Morgan fingerprint density at radius 3 is 1.77 bits per heavy atom. The number of alkyl halides is 9. The Morgan fingerprint density at radius 2 is 1.23 bits per heavy atom. The molecule has 12 rings (SSSR count). The van der Waals surface area contributed by atoms with Crippen LogP contribution in [0.15, 0.2) is 103 Å². The van der Waals surface area contributed by atoms with Crippen molar-refractivity contribution in [2.24, 2.45) is 11.8 Å². The largest absolute Gasteiger partial charge is 0.493 e. The Labute approximate surface area is 545 Å². The average molecular weight is 1350 g/mol. The maximum atomic E-state index is 14.1. The smallest absolute Gasteiger partial charge is 0.427 e. The minimum atomic E-state index is -4.57. The lowest BCUT2D eigenvalue weighted by Crippen LogP contribution is -2.48. The van der Waals surface area contributed by atoms with Crippen LogP contribution >= 0.6 is 34.0 Å². The predicted molar refractivity (Wildman–Crippen MR) is 337 cm³/mol. The first-order valence-corrected chi connectivity index (χ1v) is 33.2. The fourth-order valence-electron chi connectivity index (χ4n) is 12.9. The number of nitrogens with zero attached hydrogens (tertiary/aromatic N) is 5. The molecule has 4 aromatic carbocycles. The van der Waals surface area contributed by atoms with E-state index >= 15 is 0 Å². The molecule has 3 aromatic heterocycles. The molecule has 2 saturated heterocycles. The van der Waals surface area contributed by atoms with Gasteiger partial charge in [-0.3, -0.25) is 9.59 Å². The topological polar surface area (TPSA) is 157 Å². The highest BCUT2D eigenvalue weighted by atomic mass is 32.1. The minimum absolute atomic E-state index is 0.0304. The minimum Gasteiger partial charge on any atom is -0.493 e. The van der Waals surface area contributed by atoms with Crippen molar-refractivity contribution < 1.29 is 72.8 Å². The standard InChI is InChI=1S/C31H34F3N3O4S.C25H32F3N3O2S.C11H6F3NOS/c1-30(2)40-24-15-20(14-23(39-3)27(24)41-30)29(38)37(16-21-13-19-11-7-8-12-22(19)35-21)17-25-36-26(18-9-5-4-6-10-18)28(42-25)31(32,33)34;1-24(2,3)33-23(32)31-18(13-17-11-7-8-12-19(17)31)14-29-15-20-30-21(16-9-5-4-6-10-16)22(34-20)25(26,27)28;12-11(13,14)10-9(15-8(6-16)17-10)7-4-2-1-3-5-7/h4-6,9-10,14-15,19,21-22,35H,7-8,11-13,16-17H2,1-3H3;4-6,9-10,17-19,29H,7-8,11-15H2,1-3H3;1-6H/t19-,21-,22-;17-,18-,19-;/m00./s1. The summed E-state index contributed by atoms with van der Waals surface area (Å²) in [5, 5.41) is 7.40. The van der Waals surface area contributed by atoms with Crippen LogP contribution in [-0.2, 0) is 36.4 Å². The molecule has 14 nitrogen and oxygen atoms in total. The summed E-state index contributed by atoms with van der Waals surface area (Å²) in [4.78, 5) is 51.3. The van der Waals surface area contributed by atoms with Gasteiger partial charge in [-0.25, -0.2) is 19.7 Å². The molecule has 0 radical (unpaired) electrons. The third-order valence-electron chi connectivity index (χ3n) is 16.6. The van der Waals surface area contributed by atoms with Gasteiger partial charge in [-0.15, -0.1) is 34.0 Å². The zero-order valence-electron chi connectivity index (χ0n) is 52.0. The molecule has 2 amide bonds. The number of thiazole rings is 3. The van der Waals surface area contributed by atoms with E-state index in [0.29, 0.717) is 116 Å². The first-order valence-electron chi connectivity index (χ1n) is 30.8.